The Bertz CT molecular complexity index is 421. The fourth-order valence-electron chi connectivity index (χ4n) is 2.31. The lowest BCUT2D eigenvalue weighted by Crippen LogP contribution is -2.37. The third-order valence-electron chi connectivity index (χ3n) is 3.46. The number of hydrogen-bond acceptors (Lipinski definition) is 5. The van der Waals surface area contributed by atoms with Gasteiger partial charge in [0.05, 0.1) is 12.1 Å². The Hall–Kier alpha value is -1.36. The van der Waals surface area contributed by atoms with Crippen LogP contribution < -0.4 is 10.6 Å². The van der Waals surface area contributed by atoms with E-state index in [1.807, 2.05) is 13.1 Å². The molecule has 5 nitrogen and oxygen atoms in total. The van der Waals surface area contributed by atoms with Crippen LogP contribution in [-0.4, -0.2) is 35.8 Å². The van der Waals surface area contributed by atoms with Gasteiger partial charge in [-0.05, 0) is 13.3 Å². The maximum atomic E-state index is 5.86. The van der Waals surface area contributed by atoms with Gasteiger partial charge in [-0.1, -0.05) is 13.8 Å². The molecule has 2 heterocycles. The summed E-state index contributed by atoms with van der Waals surface area (Å²) in [5.41, 5.74) is 5.86. The van der Waals surface area contributed by atoms with Crippen LogP contribution in [-0.2, 0) is 4.74 Å². The minimum Gasteiger partial charge on any atom is -0.384 e. The summed E-state index contributed by atoms with van der Waals surface area (Å²) in [6, 6.07) is 2.19. The van der Waals surface area contributed by atoms with Gasteiger partial charge in [0.25, 0.3) is 0 Å². The zero-order valence-electron chi connectivity index (χ0n) is 11.6. The van der Waals surface area contributed by atoms with Gasteiger partial charge in [-0.25, -0.2) is 9.97 Å². The first-order valence-corrected chi connectivity index (χ1v) is 6.48. The number of nitrogens with two attached hydrogens (primary N) is 1. The molecule has 2 rings (SSSR count). The Balaban J connectivity index is 2.26. The molecule has 5 heteroatoms. The van der Waals surface area contributed by atoms with E-state index in [2.05, 4.69) is 35.6 Å². The monoisotopic (exact) mass is 250 g/mol. The Morgan fingerprint density at radius 2 is 2.17 bits per heavy atom. The first-order chi connectivity index (χ1) is 8.49. The molecule has 0 spiro atoms. The van der Waals surface area contributed by atoms with E-state index in [-0.39, 0.29) is 12.0 Å². The highest BCUT2D eigenvalue weighted by atomic mass is 16.5. The Kier molecular flexibility index (Phi) is 3.71. The third-order valence-corrected chi connectivity index (χ3v) is 3.46. The predicted molar refractivity (Wildman–Crippen MR) is 72.8 cm³/mol. The average molecular weight is 250 g/mol. The van der Waals surface area contributed by atoms with E-state index in [9.17, 15) is 0 Å². The number of rotatable bonds is 3. The number of ether oxygens (including phenoxy) is 1. The number of aromatic nitrogens is 2. The SMILES string of the molecule is CC(C)c1nc(N)cc(N(C)C2CCOC2C)n1. The van der Waals surface area contributed by atoms with Gasteiger partial charge in [-0.3, -0.25) is 0 Å². The summed E-state index contributed by atoms with van der Waals surface area (Å²) in [6.07, 6.45) is 1.26. The summed E-state index contributed by atoms with van der Waals surface area (Å²) in [6.45, 7) is 7.05. The van der Waals surface area contributed by atoms with E-state index >= 15 is 0 Å². The molecule has 2 unspecified atom stereocenters. The van der Waals surface area contributed by atoms with Crippen LogP contribution in [0, 0.1) is 0 Å². The Labute approximate surface area is 108 Å². The molecule has 1 saturated heterocycles. The standard InChI is InChI=1S/C13H22N4O/c1-8(2)13-15-11(14)7-12(16-13)17(4)10-5-6-18-9(10)3/h7-10H,5-6H2,1-4H3,(H2,14,15,16). The molecule has 18 heavy (non-hydrogen) atoms. The molecule has 0 amide bonds. The molecule has 2 atom stereocenters. The average Bonchev–Trinajstić information content (AvgIpc) is 2.73. The highest BCUT2D eigenvalue weighted by Gasteiger charge is 2.29. The minimum atomic E-state index is 0.230. The second-order valence-electron chi connectivity index (χ2n) is 5.21. The van der Waals surface area contributed by atoms with E-state index < -0.39 is 0 Å². The highest BCUT2D eigenvalue weighted by molar-refractivity contribution is 5.47. The van der Waals surface area contributed by atoms with Gasteiger partial charge in [-0.2, -0.15) is 0 Å². The minimum absolute atomic E-state index is 0.230. The van der Waals surface area contributed by atoms with Crippen molar-refractivity contribution in [1.29, 1.82) is 0 Å². The smallest absolute Gasteiger partial charge is 0.135 e. The molecule has 1 aliphatic heterocycles. The van der Waals surface area contributed by atoms with Gasteiger partial charge in [0, 0.05) is 25.6 Å². The Morgan fingerprint density at radius 1 is 1.44 bits per heavy atom. The lowest BCUT2D eigenvalue weighted by atomic mass is 10.1. The van der Waals surface area contributed by atoms with Crippen molar-refractivity contribution in [1.82, 2.24) is 9.97 Å². The number of anilines is 2. The fourth-order valence-corrected chi connectivity index (χ4v) is 2.31. The molecule has 0 saturated carbocycles. The molecule has 100 valence electrons. The van der Waals surface area contributed by atoms with Gasteiger partial charge in [-0.15, -0.1) is 0 Å². The van der Waals surface area contributed by atoms with Crippen molar-refractivity contribution in [3.8, 4) is 0 Å². The molecular weight excluding hydrogens is 228 g/mol. The normalized spacial score (nSPS) is 23.6. The Morgan fingerprint density at radius 3 is 2.72 bits per heavy atom. The van der Waals surface area contributed by atoms with Gasteiger partial charge in [0.15, 0.2) is 0 Å². The van der Waals surface area contributed by atoms with Crippen molar-refractivity contribution >= 4 is 11.6 Å². The zero-order chi connectivity index (χ0) is 13.3. The summed E-state index contributed by atoms with van der Waals surface area (Å²) in [7, 11) is 2.04. The molecule has 0 bridgehead atoms. The van der Waals surface area contributed by atoms with Crippen LogP contribution in [0.1, 0.15) is 38.9 Å². The molecule has 1 aliphatic rings. The molecule has 1 fully saturated rings. The number of likely N-dealkylation sites (N-methyl/N-ethyl adjacent to an activating group) is 1. The second kappa shape index (κ2) is 5.10. The van der Waals surface area contributed by atoms with Gasteiger partial charge in [0.1, 0.15) is 17.5 Å². The van der Waals surface area contributed by atoms with Crippen LogP contribution in [0.2, 0.25) is 0 Å². The fraction of sp³-hybridized carbons (Fsp3) is 0.692. The van der Waals surface area contributed by atoms with Crippen LogP contribution in [0.5, 0.6) is 0 Å². The summed E-state index contributed by atoms with van der Waals surface area (Å²) >= 11 is 0. The van der Waals surface area contributed by atoms with Crippen molar-refractivity contribution in [2.24, 2.45) is 0 Å². The molecule has 1 aromatic rings. The number of nitrogen functional groups attached to an aromatic ring is 1. The van der Waals surface area contributed by atoms with Crippen molar-refractivity contribution in [3.63, 3.8) is 0 Å². The largest absolute Gasteiger partial charge is 0.384 e. The van der Waals surface area contributed by atoms with Crippen molar-refractivity contribution in [3.05, 3.63) is 11.9 Å². The van der Waals surface area contributed by atoms with Gasteiger partial charge < -0.3 is 15.4 Å². The summed E-state index contributed by atoms with van der Waals surface area (Å²) in [5, 5.41) is 0. The first-order valence-electron chi connectivity index (χ1n) is 6.48. The van der Waals surface area contributed by atoms with Crippen LogP contribution >= 0.6 is 0 Å². The van der Waals surface area contributed by atoms with E-state index in [4.69, 9.17) is 10.5 Å². The van der Waals surface area contributed by atoms with E-state index in [0.29, 0.717) is 11.9 Å². The van der Waals surface area contributed by atoms with Gasteiger partial charge >= 0.3 is 0 Å². The molecule has 0 aromatic carbocycles. The molecule has 2 N–H and O–H groups in total. The molecule has 1 aromatic heterocycles. The van der Waals surface area contributed by atoms with Crippen LogP contribution in [0.25, 0.3) is 0 Å². The van der Waals surface area contributed by atoms with Crippen molar-refractivity contribution in [2.45, 2.75) is 45.3 Å². The topological polar surface area (TPSA) is 64.3 Å². The summed E-state index contributed by atoms with van der Waals surface area (Å²) < 4.78 is 5.60. The molecule has 0 radical (unpaired) electrons. The van der Waals surface area contributed by atoms with E-state index in [1.165, 1.54) is 0 Å². The number of nitrogens with zero attached hydrogens (tertiary/aromatic N) is 3. The first kappa shape index (κ1) is 13.1. The molecule has 0 aliphatic carbocycles. The molecular formula is C13H22N4O. The lowest BCUT2D eigenvalue weighted by Gasteiger charge is -2.28. The zero-order valence-corrected chi connectivity index (χ0v) is 11.6. The van der Waals surface area contributed by atoms with E-state index in [0.717, 1.165) is 24.7 Å². The second-order valence-corrected chi connectivity index (χ2v) is 5.21. The van der Waals surface area contributed by atoms with Crippen molar-refractivity contribution in [2.75, 3.05) is 24.3 Å². The predicted octanol–water partition coefficient (Wildman–Crippen LogP) is 1.80. The summed E-state index contributed by atoms with van der Waals surface area (Å²) in [4.78, 5) is 11.0. The van der Waals surface area contributed by atoms with Crippen LogP contribution in [0.3, 0.4) is 0 Å². The van der Waals surface area contributed by atoms with Gasteiger partial charge in [0.2, 0.25) is 0 Å². The maximum absolute atomic E-state index is 5.86. The van der Waals surface area contributed by atoms with Crippen LogP contribution in [0.15, 0.2) is 6.07 Å². The van der Waals surface area contributed by atoms with E-state index in [1.54, 1.807) is 0 Å². The van der Waals surface area contributed by atoms with Crippen LogP contribution in [0.4, 0.5) is 11.6 Å². The quantitative estimate of drug-likeness (QED) is 0.886. The highest BCUT2D eigenvalue weighted by Crippen LogP contribution is 2.25. The third kappa shape index (κ3) is 2.56. The lowest BCUT2D eigenvalue weighted by molar-refractivity contribution is 0.118. The van der Waals surface area contributed by atoms with Crippen molar-refractivity contribution < 1.29 is 4.74 Å². The summed E-state index contributed by atoms with van der Waals surface area (Å²) in [5.74, 6) is 2.48. The number of hydrogen-bond donors (Lipinski definition) is 1. The maximum Gasteiger partial charge on any atom is 0.135 e.